The highest BCUT2D eigenvalue weighted by Gasteiger charge is 2.35. The number of carbonyl (C=O) groups excluding carboxylic acids is 2. The predicted molar refractivity (Wildman–Crippen MR) is 189 cm³/mol. The molecule has 49 heavy (non-hydrogen) atoms. The molecule has 0 saturated carbocycles. The van der Waals surface area contributed by atoms with Crippen molar-refractivity contribution >= 4 is 50.7 Å². The number of halogens is 3. The number of amides is 2. The lowest BCUT2D eigenvalue weighted by Crippen LogP contribution is -2.54. The summed E-state index contributed by atoms with van der Waals surface area (Å²) in [7, 11) is -1.70. The van der Waals surface area contributed by atoms with Crippen molar-refractivity contribution in [1.82, 2.24) is 10.2 Å². The van der Waals surface area contributed by atoms with E-state index in [-0.39, 0.29) is 40.4 Å². The molecule has 0 spiro atoms. The number of benzene rings is 4. The maximum absolute atomic E-state index is 14.6. The first-order valence-corrected chi connectivity index (χ1v) is 17.7. The van der Waals surface area contributed by atoms with E-state index in [1.165, 1.54) is 55.5 Å². The highest BCUT2D eigenvalue weighted by atomic mass is 35.5. The molecule has 4 aromatic rings. The number of nitrogens with one attached hydrogen (secondary N) is 1. The molecule has 260 valence electrons. The minimum absolute atomic E-state index is 0.0256. The highest BCUT2D eigenvalue weighted by Crippen LogP contribution is 2.33. The van der Waals surface area contributed by atoms with Crippen molar-refractivity contribution in [2.24, 2.45) is 0 Å². The van der Waals surface area contributed by atoms with Crippen molar-refractivity contribution < 1.29 is 31.9 Å². The van der Waals surface area contributed by atoms with Crippen molar-refractivity contribution in [3.63, 3.8) is 0 Å². The van der Waals surface area contributed by atoms with Gasteiger partial charge in [0.2, 0.25) is 11.8 Å². The first-order valence-electron chi connectivity index (χ1n) is 15.5. The topological polar surface area (TPSA) is 105 Å². The summed E-state index contributed by atoms with van der Waals surface area (Å²) in [5, 5.41) is 3.62. The molecule has 0 aromatic heterocycles. The van der Waals surface area contributed by atoms with E-state index in [9.17, 15) is 22.4 Å². The average Bonchev–Trinajstić information content (AvgIpc) is 3.09. The molecule has 4 aromatic carbocycles. The zero-order valence-corrected chi connectivity index (χ0v) is 29.9. The molecule has 0 heterocycles. The van der Waals surface area contributed by atoms with Gasteiger partial charge in [0.25, 0.3) is 10.0 Å². The zero-order chi connectivity index (χ0) is 35.7. The lowest BCUT2D eigenvalue weighted by molar-refractivity contribution is -0.140. The summed E-state index contributed by atoms with van der Waals surface area (Å²) < 4.78 is 54.2. The number of anilines is 1. The Bertz CT molecular complexity index is 1860. The van der Waals surface area contributed by atoms with Crippen LogP contribution in [0.1, 0.15) is 31.4 Å². The molecule has 0 fully saturated rings. The van der Waals surface area contributed by atoms with Gasteiger partial charge in [-0.15, -0.1) is 0 Å². The van der Waals surface area contributed by atoms with Crippen LogP contribution in [0.5, 0.6) is 11.5 Å². The molecule has 13 heteroatoms. The Morgan fingerprint density at radius 3 is 2.18 bits per heavy atom. The summed E-state index contributed by atoms with van der Waals surface area (Å²) in [4.78, 5) is 29.7. The maximum Gasteiger partial charge on any atom is 0.264 e. The Morgan fingerprint density at radius 2 is 1.57 bits per heavy atom. The lowest BCUT2D eigenvalue weighted by Gasteiger charge is -2.34. The third kappa shape index (κ3) is 9.44. The summed E-state index contributed by atoms with van der Waals surface area (Å²) in [5.41, 5.74) is 1.29. The van der Waals surface area contributed by atoms with Gasteiger partial charge < -0.3 is 19.7 Å². The van der Waals surface area contributed by atoms with Gasteiger partial charge >= 0.3 is 0 Å². The van der Waals surface area contributed by atoms with Gasteiger partial charge in [-0.05, 0) is 73.0 Å². The summed E-state index contributed by atoms with van der Waals surface area (Å²) >= 11 is 12.7. The van der Waals surface area contributed by atoms with Crippen molar-refractivity contribution in [1.29, 1.82) is 0 Å². The van der Waals surface area contributed by atoms with Crippen molar-refractivity contribution in [2.45, 2.75) is 50.2 Å². The molecule has 0 saturated heterocycles. The van der Waals surface area contributed by atoms with E-state index < -0.39 is 40.2 Å². The number of hydrogen-bond donors (Lipinski definition) is 1. The largest absolute Gasteiger partial charge is 0.493 e. The van der Waals surface area contributed by atoms with E-state index in [1.54, 1.807) is 12.1 Å². The highest BCUT2D eigenvalue weighted by molar-refractivity contribution is 7.92. The summed E-state index contributed by atoms with van der Waals surface area (Å²) in [6.45, 7) is 2.89. The Balaban J connectivity index is 1.85. The van der Waals surface area contributed by atoms with Gasteiger partial charge in [0.15, 0.2) is 11.5 Å². The molecular weight excluding hydrogens is 692 g/mol. The number of rotatable bonds is 15. The maximum atomic E-state index is 14.6. The summed E-state index contributed by atoms with van der Waals surface area (Å²) in [6.07, 6.45) is 0.766. The summed E-state index contributed by atoms with van der Waals surface area (Å²) in [5.74, 6) is -1.28. The monoisotopic (exact) mass is 729 g/mol. The first-order chi connectivity index (χ1) is 23.4. The normalized spacial score (nSPS) is 12.5. The van der Waals surface area contributed by atoms with E-state index in [4.69, 9.17) is 32.7 Å². The second-order valence-corrected chi connectivity index (χ2v) is 14.0. The van der Waals surface area contributed by atoms with Crippen LogP contribution in [0.2, 0.25) is 10.0 Å². The number of carbonyl (C=O) groups is 2. The van der Waals surface area contributed by atoms with Gasteiger partial charge in [-0.2, -0.15) is 0 Å². The number of ether oxygens (including phenoxy) is 2. The molecule has 2 atom stereocenters. The van der Waals surface area contributed by atoms with Crippen LogP contribution in [0.15, 0.2) is 95.9 Å². The molecular formula is C36H38Cl2FN3O6S. The van der Waals surface area contributed by atoms with Crippen LogP contribution in [-0.2, 0) is 32.6 Å². The van der Waals surface area contributed by atoms with Gasteiger partial charge in [0.1, 0.15) is 18.4 Å². The molecule has 9 nitrogen and oxygen atoms in total. The molecule has 0 aliphatic heterocycles. The Morgan fingerprint density at radius 1 is 0.898 bits per heavy atom. The second-order valence-electron chi connectivity index (χ2n) is 11.3. The van der Waals surface area contributed by atoms with Gasteiger partial charge in [-0.3, -0.25) is 13.9 Å². The smallest absolute Gasteiger partial charge is 0.264 e. The Hall–Kier alpha value is -4.32. The third-order valence-corrected chi connectivity index (χ3v) is 10.3. The minimum atomic E-state index is -4.48. The van der Waals surface area contributed by atoms with Crippen LogP contribution < -0.4 is 19.1 Å². The van der Waals surface area contributed by atoms with Crippen LogP contribution in [0.25, 0.3) is 0 Å². The number of nitrogens with zero attached hydrogens (tertiary/aromatic N) is 2. The van der Waals surface area contributed by atoms with Crippen LogP contribution >= 0.6 is 23.2 Å². The molecule has 1 N–H and O–H groups in total. The molecule has 0 aliphatic carbocycles. The Labute approximate surface area is 296 Å². The van der Waals surface area contributed by atoms with Gasteiger partial charge in [0, 0.05) is 35.1 Å². The molecule has 0 unspecified atom stereocenters. The van der Waals surface area contributed by atoms with E-state index in [1.807, 2.05) is 44.2 Å². The second kappa shape index (κ2) is 16.9. The van der Waals surface area contributed by atoms with Gasteiger partial charge in [-0.25, -0.2) is 12.8 Å². The van der Waals surface area contributed by atoms with Crippen LogP contribution in [0, 0.1) is 5.82 Å². The van der Waals surface area contributed by atoms with Crippen LogP contribution in [0.4, 0.5) is 10.1 Å². The molecule has 4 rings (SSSR count). The van der Waals surface area contributed by atoms with Gasteiger partial charge in [0.05, 0.1) is 24.8 Å². The van der Waals surface area contributed by atoms with Crippen molar-refractivity contribution in [2.75, 3.05) is 25.1 Å². The fourth-order valence-corrected chi connectivity index (χ4v) is 6.97. The fourth-order valence-electron chi connectivity index (χ4n) is 5.07. The van der Waals surface area contributed by atoms with Crippen LogP contribution in [0.3, 0.4) is 0 Å². The number of methoxy groups -OCH3 is 2. The fraction of sp³-hybridized carbons (Fsp3) is 0.278. The summed E-state index contributed by atoms with van der Waals surface area (Å²) in [6, 6.07) is 21.4. The predicted octanol–water partition coefficient (Wildman–Crippen LogP) is 6.90. The molecule has 0 aliphatic rings. The standard InChI is InChI=1S/C36H38Cl2FN3O6S/c1-5-24(2)40-36(44)32(19-25-9-7-6-8-10-25)41(22-26-11-12-27(37)20-31(26)38)35(43)23-42(29-15-13-28(39)14-16-29)49(45,46)30-17-18-33(47-3)34(21-30)48-4/h6-18,20-21,24,32H,5,19,22-23H2,1-4H3,(H,40,44)/t24-,32+/m0/s1. The third-order valence-electron chi connectivity index (χ3n) is 7.96. The van der Waals surface area contributed by atoms with Crippen molar-refractivity contribution in [3.05, 3.63) is 118 Å². The molecule has 2 amide bonds. The van der Waals surface area contributed by atoms with E-state index >= 15 is 0 Å². The number of hydrogen-bond acceptors (Lipinski definition) is 6. The SMILES string of the molecule is CC[C@H](C)NC(=O)[C@@H](Cc1ccccc1)N(Cc1ccc(Cl)cc1Cl)C(=O)CN(c1ccc(F)cc1)S(=O)(=O)c1ccc(OC)c(OC)c1. The van der Waals surface area contributed by atoms with Crippen molar-refractivity contribution in [3.8, 4) is 11.5 Å². The molecule has 0 bridgehead atoms. The minimum Gasteiger partial charge on any atom is -0.493 e. The average molecular weight is 731 g/mol. The zero-order valence-electron chi connectivity index (χ0n) is 27.5. The van der Waals surface area contributed by atoms with Gasteiger partial charge in [-0.1, -0.05) is 66.5 Å². The number of sulfonamides is 1. The Kier molecular flexibility index (Phi) is 12.9. The lowest BCUT2D eigenvalue weighted by atomic mass is 10.0. The van der Waals surface area contributed by atoms with E-state index in [2.05, 4.69) is 5.32 Å². The van der Waals surface area contributed by atoms with E-state index in [0.717, 1.165) is 22.0 Å². The van der Waals surface area contributed by atoms with Crippen LogP contribution in [-0.4, -0.2) is 58.0 Å². The quantitative estimate of drug-likeness (QED) is 0.143. The van der Waals surface area contributed by atoms with E-state index in [0.29, 0.717) is 22.8 Å². The molecule has 0 radical (unpaired) electrons. The first kappa shape index (κ1) is 37.5.